The van der Waals surface area contributed by atoms with E-state index < -0.39 is 10.0 Å². The SMILES string of the molecule is COc1ccc(S(=O)(=O)N2CCCCCC2)cc1NC(=O)c1cnc(C)s1. The molecular weight excluding hydrogens is 386 g/mol. The van der Waals surface area contributed by atoms with Crippen LogP contribution in [0, 0.1) is 6.92 Å². The smallest absolute Gasteiger partial charge is 0.267 e. The number of methoxy groups -OCH3 is 1. The van der Waals surface area contributed by atoms with Crippen LogP contribution in [0.4, 0.5) is 5.69 Å². The number of nitrogens with zero attached hydrogens (tertiary/aromatic N) is 2. The highest BCUT2D eigenvalue weighted by Gasteiger charge is 2.26. The van der Waals surface area contributed by atoms with Crippen molar-refractivity contribution in [3.05, 3.63) is 34.3 Å². The number of carbonyl (C=O) groups is 1. The normalized spacial score (nSPS) is 15.9. The molecule has 0 radical (unpaired) electrons. The van der Waals surface area contributed by atoms with Crippen molar-refractivity contribution in [1.29, 1.82) is 0 Å². The summed E-state index contributed by atoms with van der Waals surface area (Å²) < 4.78 is 32.8. The lowest BCUT2D eigenvalue weighted by Gasteiger charge is -2.21. The first kappa shape index (κ1) is 19.8. The minimum absolute atomic E-state index is 0.154. The Balaban J connectivity index is 1.89. The summed E-state index contributed by atoms with van der Waals surface area (Å²) in [7, 11) is -2.14. The van der Waals surface area contributed by atoms with Crippen molar-refractivity contribution in [3.63, 3.8) is 0 Å². The quantitative estimate of drug-likeness (QED) is 0.819. The molecule has 1 saturated heterocycles. The van der Waals surface area contributed by atoms with Gasteiger partial charge in [-0.25, -0.2) is 13.4 Å². The van der Waals surface area contributed by atoms with E-state index in [0.29, 0.717) is 29.4 Å². The van der Waals surface area contributed by atoms with Crippen LogP contribution in [0.25, 0.3) is 0 Å². The molecule has 1 aliphatic heterocycles. The molecule has 2 aromatic rings. The highest BCUT2D eigenvalue weighted by Crippen LogP contribution is 2.30. The largest absolute Gasteiger partial charge is 0.495 e. The molecule has 0 atom stereocenters. The first-order chi connectivity index (χ1) is 12.9. The predicted octanol–water partition coefficient (Wildman–Crippen LogP) is 3.28. The number of hydrogen-bond acceptors (Lipinski definition) is 6. The van der Waals surface area contributed by atoms with Crippen LogP contribution in [-0.2, 0) is 10.0 Å². The van der Waals surface area contributed by atoms with Crippen LogP contribution < -0.4 is 10.1 Å². The van der Waals surface area contributed by atoms with E-state index >= 15 is 0 Å². The van der Waals surface area contributed by atoms with Gasteiger partial charge in [0.2, 0.25) is 10.0 Å². The van der Waals surface area contributed by atoms with Gasteiger partial charge in [0.15, 0.2) is 0 Å². The second-order valence-electron chi connectivity index (χ2n) is 6.38. The van der Waals surface area contributed by atoms with Crippen molar-refractivity contribution >= 4 is 33.0 Å². The maximum atomic E-state index is 13.0. The monoisotopic (exact) mass is 409 g/mol. The van der Waals surface area contributed by atoms with Gasteiger partial charge >= 0.3 is 0 Å². The molecule has 146 valence electrons. The van der Waals surface area contributed by atoms with Crippen molar-refractivity contribution in [2.45, 2.75) is 37.5 Å². The lowest BCUT2D eigenvalue weighted by molar-refractivity contribution is 0.103. The summed E-state index contributed by atoms with van der Waals surface area (Å²) in [6.07, 6.45) is 5.32. The Morgan fingerprint density at radius 3 is 2.52 bits per heavy atom. The second kappa shape index (κ2) is 8.37. The van der Waals surface area contributed by atoms with Crippen molar-refractivity contribution < 1.29 is 17.9 Å². The molecule has 1 aliphatic rings. The third kappa shape index (κ3) is 4.48. The zero-order valence-corrected chi connectivity index (χ0v) is 17.0. The maximum absolute atomic E-state index is 13.0. The van der Waals surface area contributed by atoms with E-state index in [1.807, 2.05) is 6.92 Å². The zero-order chi connectivity index (χ0) is 19.4. The van der Waals surface area contributed by atoms with Gasteiger partial charge in [-0.2, -0.15) is 4.31 Å². The highest BCUT2D eigenvalue weighted by molar-refractivity contribution is 7.89. The number of anilines is 1. The lowest BCUT2D eigenvalue weighted by Crippen LogP contribution is -2.32. The minimum atomic E-state index is -3.61. The Morgan fingerprint density at radius 2 is 1.93 bits per heavy atom. The van der Waals surface area contributed by atoms with Crippen LogP contribution in [-0.4, -0.2) is 43.8 Å². The fourth-order valence-corrected chi connectivity index (χ4v) is 5.24. The van der Waals surface area contributed by atoms with E-state index in [0.717, 1.165) is 30.7 Å². The predicted molar refractivity (Wildman–Crippen MR) is 105 cm³/mol. The van der Waals surface area contributed by atoms with E-state index in [1.165, 1.54) is 41.1 Å². The molecule has 0 unspecified atom stereocenters. The van der Waals surface area contributed by atoms with Crippen molar-refractivity contribution in [2.24, 2.45) is 0 Å². The van der Waals surface area contributed by atoms with E-state index in [9.17, 15) is 13.2 Å². The number of aromatic nitrogens is 1. The average molecular weight is 410 g/mol. The molecule has 3 rings (SSSR count). The number of sulfonamides is 1. The Labute approximate surface area is 163 Å². The number of nitrogens with one attached hydrogen (secondary N) is 1. The van der Waals surface area contributed by atoms with Crippen molar-refractivity contribution in [1.82, 2.24) is 9.29 Å². The van der Waals surface area contributed by atoms with Crippen LogP contribution in [0.2, 0.25) is 0 Å². The highest BCUT2D eigenvalue weighted by atomic mass is 32.2. The topological polar surface area (TPSA) is 88.6 Å². The van der Waals surface area contributed by atoms with Gasteiger partial charge < -0.3 is 10.1 Å². The molecular formula is C18H23N3O4S2. The number of carbonyl (C=O) groups excluding carboxylic acids is 1. The Kier molecular flexibility index (Phi) is 6.13. The number of ether oxygens (including phenoxy) is 1. The Morgan fingerprint density at radius 1 is 1.22 bits per heavy atom. The third-order valence-corrected chi connectivity index (χ3v) is 7.27. The summed E-state index contributed by atoms with van der Waals surface area (Å²) in [6, 6.07) is 4.55. The van der Waals surface area contributed by atoms with E-state index in [4.69, 9.17) is 4.74 Å². The van der Waals surface area contributed by atoms with Gasteiger partial charge in [-0.3, -0.25) is 4.79 Å². The fourth-order valence-electron chi connectivity index (χ4n) is 3.03. The molecule has 7 nitrogen and oxygen atoms in total. The minimum Gasteiger partial charge on any atom is -0.495 e. The number of hydrogen-bond donors (Lipinski definition) is 1. The first-order valence-electron chi connectivity index (χ1n) is 8.84. The van der Waals surface area contributed by atoms with Gasteiger partial charge in [-0.15, -0.1) is 11.3 Å². The molecule has 1 aromatic heterocycles. The van der Waals surface area contributed by atoms with Gasteiger partial charge in [0.25, 0.3) is 5.91 Å². The molecule has 0 bridgehead atoms. The zero-order valence-electron chi connectivity index (χ0n) is 15.4. The van der Waals surface area contributed by atoms with Crippen LogP contribution in [0.5, 0.6) is 5.75 Å². The molecule has 0 aliphatic carbocycles. The van der Waals surface area contributed by atoms with Crippen molar-refractivity contribution in [3.8, 4) is 5.75 Å². The van der Waals surface area contributed by atoms with E-state index in [1.54, 1.807) is 6.07 Å². The van der Waals surface area contributed by atoms with Crippen LogP contribution in [0.15, 0.2) is 29.3 Å². The second-order valence-corrected chi connectivity index (χ2v) is 9.55. The molecule has 0 saturated carbocycles. The van der Waals surface area contributed by atoms with Gasteiger partial charge in [0, 0.05) is 13.1 Å². The molecule has 27 heavy (non-hydrogen) atoms. The van der Waals surface area contributed by atoms with Crippen molar-refractivity contribution in [2.75, 3.05) is 25.5 Å². The molecule has 1 N–H and O–H groups in total. The fraction of sp³-hybridized carbons (Fsp3) is 0.444. The summed E-state index contributed by atoms with van der Waals surface area (Å²) in [5, 5.41) is 3.52. The molecule has 0 spiro atoms. The van der Waals surface area contributed by atoms with Crippen LogP contribution in [0.3, 0.4) is 0 Å². The molecule has 9 heteroatoms. The van der Waals surface area contributed by atoms with Crippen LogP contribution in [0.1, 0.15) is 40.4 Å². The van der Waals surface area contributed by atoms with Gasteiger partial charge in [-0.05, 0) is 38.0 Å². The number of benzene rings is 1. The number of thiazole rings is 1. The number of rotatable bonds is 5. The van der Waals surface area contributed by atoms with Gasteiger partial charge in [-0.1, -0.05) is 12.8 Å². The number of amides is 1. The molecule has 1 fully saturated rings. The first-order valence-corrected chi connectivity index (χ1v) is 11.1. The summed E-state index contributed by atoms with van der Waals surface area (Å²) in [5.41, 5.74) is 0.324. The maximum Gasteiger partial charge on any atom is 0.267 e. The summed E-state index contributed by atoms with van der Waals surface area (Å²) >= 11 is 1.27. The lowest BCUT2D eigenvalue weighted by atomic mass is 10.2. The number of aryl methyl sites for hydroxylation is 1. The van der Waals surface area contributed by atoms with Crippen LogP contribution >= 0.6 is 11.3 Å². The average Bonchev–Trinajstić information content (AvgIpc) is 2.91. The third-order valence-electron chi connectivity index (χ3n) is 4.47. The standard InChI is InChI=1S/C18H23N3O4S2/c1-13-19-12-17(26-13)18(22)20-15-11-14(7-8-16(15)25-2)27(23,24)21-9-5-3-4-6-10-21/h7-8,11-12H,3-6,9-10H2,1-2H3,(H,20,22). The van der Waals surface area contributed by atoms with E-state index in [-0.39, 0.29) is 10.8 Å². The molecule has 1 amide bonds. The van der Waals surface area contributed by atoms with Gasteiger partial charge in [0.05, 0.1) is 28.9 Å². The summed E-state index contributed by atoms with van der Waals surface area (Å²) in [5.74, 6) is 0.0580. The van der Waals surface area contributed by atoms with E-state index in [2.05, 4.69) is 10.3 Å². The summed E-state index contributed by atoms with van der Waals surface area (Å²) in [6.45, 7) is 2.86. The molecule has 1 aromatic carbocycles. The molecule has 2 heterocycles. The Bertz CT molecular complexity index is 916. The summed E-state index contributed by atoms with van der Waals surface area (Å²) in [4.78, 5) is 17.1. The van der Waals surface area contributed by atoms with Gasteiger partial charge in [0.1, 0.15) is 10.6 Å². The Hall–Kier alpha value is -1.97.